The van der Waals surface area contributed by atoms with Crippen LogP contribution in [0.3, 0.4) is 0 Å². The first kappa shape index (κ1) is 13.7. The number of nitrogens with zero attached hydrogens (tertiary/aromatic N) is 1. The Morgan fingerprint density at radius 2 is 2.24 bits per heavy atom. The van der Waals surface area contributed by atoms with Gasteiger partial charge in [-0.2, -0.15) is 0 Å². The maximum absolute atomic E-state index is 11.7. The van der Waals surface area contributed by atoms with Gasteiger partial charge in [0.1, 0.15) is 0 Å². The number of sulfonamides is 1. The molecule has 0 aromatic carbocycles. The zero-order valence-electron chi connectivity index (χ0n) is 9.54. The van der Waals surface area contributed by atoms with Crippen LogP contribution < -0.4 is 4.72 Å². The summed E-state index contributed by atoms with van der Waals surface area (Å²) >= 11 is 0. The minimum Gasteiger partial charge on any atom is -0.481 e. The molecule has 0 saturated carbocycles. The molecule has 1 aromatic rings. The van der Waals surface area contributed by atoms with E-state index in [-0.39, 0.29) is 17.5 Å². The van der Waals surface area contributed by atoms with Gasteiger partial charge >= 0.3 is 5.97 Å². The molecular weight excluding hydrogens is 246 g/mol. The predicted molar refractivity (Wildman–Crippen MR) is 59.7 cm³/mol. The molecule has 0 aliphatic rings. The molecule has 0 aliphatic carbocycles. The number of rotatable bonds is 6. The maximum Gasteiger partial charge on any atom is 0.308 e. The summed E-state index contributed by atoms with van der Waals surface area (Å²) in [6.45, 7) is 3.31. The van der Waals surface area contributed by atoms with Crippen molar-refractivity contribution in [2.24, 2.45) is 11.8 Å². The third kappa shape index (κ3) is 3.53. The smallest absolute Gasteiger partial charge is 0.308 e. The van der Waals surface area contributed by atoms with Gasteiger partial charge in [-0.25, -0.2) is 18.1 Å². The zero-order valence-corrected chi connectivity index (χ0v) is 10.4. The summed E-state index contributed by atoms with van der Waals surface area (Å²) in [6.07, 6.45) is 2.40. The van der Waals surface area contributed by atoms with Crippen molar-refractivity contribution >= 4 is 16.0 Å². The van der Waals surface area contributed by atoms with Gasteiger partial charge < -0.3 is 10.1 Å². The lowest BCUT2D eigenvalue weighted by molar-refractivity contribution is -0.142. The van der Waals surface area contributed by atoms with Gasteiger partial charge in [0.15, 0.2) is 5.03 Å². The number of H-pyrrole nitrogens is 1. The van der Waals surface area contributed by atoms with Crippen LogP contribution in [0.4, 0.5) is 0 Å². The first-order chi connectivity index (χ1) is 7.84. The number of carboxylic acids is 1. The molecule has 0 spiro atoms. The predicted octanol–water partition coefficient (Wildman–Crippen LogP) is 0.0448. The van der Waals surface area contributed by atoms with Gasteiger partial charge in [-0.15, -0.1) is 0 Å². The molecule has 7 nitrogen and oxygen atoms in total. The molecule has 0 bridgehead atoms. The fraction of sp³-hybridized carbons (Fsp3) is 0.556. The second-order valence-electron chi connectivity index (χ2n) is 3.96. The van der Waals surface area contributed by atoms with Crippen molar-refractivity contribution in [2.45, 2.75) is 18.9 Å². The molecule has 1 atom stereocenters. The van der Waals surface area contributed by atoms with E-state index >= 15 is 0 Å². The van der Waals surface area contributed by atoms with Crippen LogP contribution in [0.1, 0.15) is 13.8 Å². The molecule has 8 heteroatoms. The van der Waals surface area contributed by atoms with Crippen molar-refractivity contribution in [1.29, 1.82) is 0 Å². The lowest BCUT2D eigenvalue weighted by Crippen LogP contribution is -2.35. The minimum atomic E-state index is -3.71. The second kappa shape index (κ2) is 5.28. The molecule has 0 radical (unpaired) electrons. The van der Waals surface area contributed by atoms with Crippen molar-refractivity contribution in [3.63, 3.8) is 0 Å². The van der Waals surface area contributed by atoms with Crippen LogP contribution in [0.2, 0.25) is 0 Å². The Morgan fingerprint density at radius 3 is 2.65 bits per heavy atom. The highest BCUT2D eigenvalue weighted by Crippen LogP contribution is 2.11. The molecule has 0 amide bonds. The maximum atomic E-state index is 11.7. The molecule has 1 rings (SSSR count). The molecule has 1 heterocycles. The third-order valence-electron chi connectivity index (χ3n) is 2.38. The molecule has 0 fully saturated rings. The molecule has 1 unspecified atom stereocenters. The Hall–Kier alpha value is -1.41. The number of nitrogens with one attached hydrogen (secondary N) is 2. The van der Waals surface area contributed by atoms with Gasteiger partial charge in [-0.3, -0.25) is 4.79 Å². The number of imidazole rings is 1. The summed E-state index contributed by atoms with van der Waals surface area (Å²) in [5.74, 6) is -1.93. The summed E-state index contributed by atoms with van der Waals surface area (Å²) in [7, 11) is -3.71. The number of carbonyl (C=O) groups is 1. The third-order valence-corrected chi connectivity index (χ3v) is 3.73. The molecule has 17 heavy (non-hydrogen) atoms. The van der Waals surface area contributed by atoms with Gasteiger partial charge in [-0.05, 0) is 5.92 Å². The summed E-state index contributed by atoms with van der Waals surface area (Å²) < 4.78 is 25.6. The Kier molecular flexibility index (Phi) is 4.24. The highest BCUT2D eigenvalue weighted by Gasteiger charge is 2.24. The lowest BCUT2D eigenvalue weighted by Gasteiger charge is -2.16. The van der Waals surface area contributed by atoms with Crippen LogP contribution in [0.15, 0.2) is 17.6 Å². The zero-order chi connectivity index (χ0) is 13.1. The highest BCUT2D eigenvalue weighted by atomic mass is 32.2. The highest BCUT2D eigenvalue weighted by molar-refractivity contribution is 7.89. The van der Waals surface area contributed by atoms with E-state index in [0.717, 1.165) is 6.20 Å². The monoisotopic (exact) mass is 261 g/mol. The first-order valence-electron chi connectivity index (χ1n) is 5.05. The molecule has 1 aromatic heterocycles. The number of hydrogen-bond donors (Lipinski definition) is 3. The first-order valence-corrected chi connectivity index (χ1v) is 6.53. The van der Waals surface area contributed by atoms with E-state index in [9.17, 15) is 13.2 Å². The summed E-state index contributed by atoms with van der Waals surface area (Å²) in [5, 5.41) is 8.84. The number of aromatic nitrogens is 2. The minimum absolute atomic E-state index is 0.0783. The van der Waals surface area contributed by atoms with Gasteiger partial charge in [0, 0.05) is 6.54 Å². The number of aromatic amines is 1. The van der Waals surface area contributed by atoms with Crippen LogP contribution in [-0.2, 0) is 14.8 Å². The van der Waals surface area contributed by atoms with E-state index < -0.39 is 21.9 Å². The van der Waals surface area contributed by atoms with Crippen molar-refractivity contribution in [3.05, 3.63) is 12.5 Å². The van der Waals surface area contributed by atoms with Crippen molar-refractivity contribution in [3.8, 4) is 0 Å². The molecule has 0 aliphatic heterocycles. The van der Waals surface area contributed by atoms with Crippen molar-refractivity contribution in [2.75, 3.05) is 6.54 Å². The Bertz CT molecular complexity index is 466. The second-order valence-corrected chi connectivity index (χ2v) is 5.69. The standard InChI is InChI=1S/C9H15N3O4S/c1-6(2)7(9(13)14)3-12-17(15,16)8-4-10-5-11-8/h4-7,12H,3H2,1-2H3,(H,10,11)(H,13,14). The fourth-order valence-corrected chi connectivity index (χ4v) is 2.24. The van der Waals surface area contributed by atoms with Crippen LogP contribution in [0.25, 0.3) is 0 Å². The summed E-state index contributed by atoms with van der Waals surface area (Å²) in [4.78, 5) is 16.9. The van der Waals surface area contributed by atoms with Gasteiger partial charge in [0.05, 0.1) is 18.4 Å². The van der Waals surface area contributed by atoms with Crippen molar-refractivity contribution < 1.29 is 18.3 Å². The fourth-order valence-electron chi connectivity index (χ4n) is 1.28. The number of carboxylic acid groups (broad SMARTS) is 1. The molecular formula is C9H15N3O4S. The Balaban J connectivity index is 2.70. The summed E-state index contributed by atoms with van der Waals surface area (Å²) in [6, 6.07) is 0. The average Bonchev–Trinajstić information content (AvgIpc) is 2.69. The van der Waals surface area contributed by atoms with E-state index in [2.05, 4.69) is 14.7 Å². The molecule has 96 valence electrons. The van der Waals surface area contributed by atoms with Gasteiger partial charge in [-0.1, -0.05) is 13.8 Å². The van der Waals surface area contributed by atoms with E-state index in [1.54, 1.807) is 13.8 Å². The lowest BCUT2D eigenvalue weighted by atomic mass is 9.97. The van der Waals surface area contributed by atoms with Crippen LogP contribution in [0.5, 0.6) is 0 Å². The number of aliphatic carboxylic acids is 1. The van der Waals surface area contributed by atoms with Crippen LogP contribution >= 0.6 is 0 Å². The Labute approximate surface area is 99.3 Å². The van der Waals surface area contributed by atoms with Crippen molar-refractivity contribution in [1.82, 2.24) is 14.7 Å². The van der Waals surface area contributed by atoms with E-state index in [1.165, 1.54) is 6.33 Å². The molecule has 0 saturated heterocycles. The largest absolute Gasteiger partial charge is 0.481 e. The van der Waals surface area contributed by atoms with Crippen LogP contribution in [-0.4, -0.2) is 36.0 Å². The van der Waals surface area contributed by atoms with E-state index in [0.29, 0.717) is 0 Å². The van der Waals surface area contributed by atoms with E-state index in [1.807, 2.05) is 0 Å². The molecule has 3 N–H and O–H groups in total. The average molecular weight is 261 g/mol. The van der Waals surface area contributed by atoms with Gasteiger partial charge in [0.25, 0.3) is 10.0 Å². The van der Waals surface area contributed by atoms with Gasteiger partial charge in [0.2, 0.25) is 0 Å². The SMILES string of the molecule is CC(C)C(CNS(=O)(=O)c1cnc[nH]1)C(=O)O. The quantitative estimate of drug-likeness (QED) is 0.669. The van der Waals surface area contributed by atoms with E-state index in [4.69, 9.17) is 5.11 Å². The normalized spacial score (nSPS) is 13.8. The Morgan fingerprint density at radius 1 is 1.59 bits per heavy atom. The summed E-state index contributed by atoms with van der Waals surface area (Å²) in [5.41, 5.74) is 0. The topological polar surface area (TPSA) is 112 Å². The van der Waals surface area contributed by atoms with Crippen LogP contribution in [0, 0.1) is 11.8 Å². The number of hydrogen-bond acceptors (Lipinski definition) is 4.